The van der Waals surface area contributed by atoms with E-state index in [1.165, 1.54) is 15.6 Å². The van der Waals surface area contributed by atoms with Gasteiger partial charge in [-0.1, -0.05) is 0 Å². The lowest BCUT2D eigenvalue weighted by molar-refractivity contribution is 0.0351. The summed E-state index contributed by atoms with van der Waals surface area (Å²) in [6, 6.07) is 1.71. The molecule has 0 amide bonds. The van der Waals surface area contributed by atoms with Gasteiger partial charge in [0.2, 0.25) is 0 Å². The smallest absolute Gasteiger partial charge is 0.255 e. The SMILES string of the molecule is NC1COCCN1S(=O)(=O)c1sccc1Br. The lowest BCUT2D eigenvalue weighted by atomic mass is 10.4. The van der Waals surface area contributed by atoms with Crippen LogP contribution in [0.1, 0.15) is 0 Å². The highest BCUT2D eigenvalue weighted by atomic mass is 79.9. The fraction of sp³-hybridized carbons (Fsp3) is 0.500. The largest absolute Gasteiger partial charge is 0.377 e. The van der Waals surface area contributed by atoms with Crippen LogP contribution in [0.25, 0.3) is 0 Å². The molecule has 1 fully saturated rings. The Morgan fingerprint density at radius 1 is 1.62 bits per heavy atom. The van der Waals surface area contributed by atoms with Gasteiger partial charge >= 0.3 is 0 Å². The van der Waals surface area contributed by atoms with E-state index in [0.717, 1.165) is 0 Å². The third kappa shape index (κ3) is 2.18. The van der Waals surface area contributed by atoms with Crippen LogP contribution < -0.4 is 5.73 Å². The molecule has 5 nitrogen and oxygen atoms in total. The number of rotatable bonds is 2. The fourth-order valence-electron chi connectivity index (χ4n) is 1.48. The first-order chi connectivity index (χ1) is 7.53. The van der Waals surface area contributed by atoms with Gasteiger partial charge in [0.15, 0.2) is 0 Å². The van der Waals surface area contributed by atoms with E-state index >= 15 is 0 Å². The quantitative estimate of drug-likeness (QED) is 0.873. The first-order valence-electron chi connectivity index (χ1n) is 4.61. The average Bonchev–Trinajstić information content (AvgIpc) is 2.65. The predicted octanol–water partition coefficient (Wildman–Crippen LogP) is 0.816. The Morgan fingerprint density at radius 3 is 2.94 bits per heavy atom. The molecule has 8 heteroatoms. The van der Waals surface area contributed by atoms with Crippen LogP contribution in [0.5, 0.6) is 0 Å². The summed E-state index contributed by atoms with van der Waals surface area (Å²) >= 11 is 4.40. The lowest BCUT2D eigenvalue weighted by Gasteiger charge is -2.31. The normalized spacial score (nSPS) is 23.5. The van der Waals surface area contributed by atoms with E-state index in [-0.39, 0.29) is 6.61 Å². The molecule has 1 aliphatic rings. The van der Waals surface area contributed by atoms with Gasteiger partial charge in [0, 0.05) is 11.0 Å². The second-order valence-electron chi connectivity index (χ2n) is 3.31. The van der Waals surface area contributed by atoms with E-state index in [1.807, 2.05) is 0 Å². The molecule has 0 radical (unpaired) electrons. The zero-order chi connectivity index (χ0) is 11.8. The van der Waals surface area contributed by atoms with Crippen molar-refractivity contribution in [3.8, 4) is 0 Å². The molecule has 1 atom stereocenters. The molecule has 1 aliphatic heterocycles. The Balaban J connectivity index is 2.35. The molecular formula is C8H11BrN2O3S2. The summed E-state index contributed by atoms with van der Waals surface area (Å²) in [6.07, 6.45) is -0.604. The minimum absolute atomic E-state index is 0.238. The van der Waals surface area contributed by atoms with E-state index in [2.05, 4.69) is 15.9 Å². The van der Waals surface area contributed by atoms with E-state index in [1.54, 1.807) is 11.4 Å². The molecule has 0 aromatic carbocycles. The molecule has 2 N–H and O–H groups in total. The summed E-state index contributed by atoms with van der Waals surface area (Å²) in [4.78, 5) is 0. The van der Waals surface area contributed by atoms with Gasteiger partial charge in [-0.15, -0.1) is 11.3 Å². The number of nitrogens with two attached hydrogens (primary N) is 1. The van der Waals surface area contributed by atoms with Gasteiger partial charge in [0.25, 0.3) is 10.0 Å². The van der Waals surface area contributed by atoms with Crippen LogP contribution in [0, 0.1) is 0 Å². The molecule has 0 spiro atoms. The van der Waals surface area contributed by atoms with Crippen LogP contribution in [0.2, 0.25) is 0 Å². The first-order valence-corrected chi connectivity index (χ1v) is 7.73. The number of halogens is 1. The highest BCUT2D eigenvalue weighted by Crippen LogP contribution is 2.31. The van der Waals surface area contributed by atoms with Gasteiger partial charge in [0.1, 0.15) is 4.21 Å². The molecule has 16 heavy (non-hydrogen) atoms. The molecule has 1 unspecified atom stereocenters. The molecule has 90 valence electrons. The van der Waals surface area contributed by atoms with Gasteiger partial charge in [-0.05, 0) is 27.4 Å². The molecule has 0 saturated carbocycles. The molecule has 1 aromatic rings. The highest BCUT2D eigenvalue weighted by molar-refractivity contribution is 9.10. The molecular weight excluding hydrogens is 316 g/mol. The molecule has 0 bridgehead atoms. The molecule has 2 heterocycles. The zero-order valence-electron chi connectivity index (χ0n) is 8.30. The zero-order valence-corrected chi connectivity index (χ0v) is 11.5. The van der Waals surface area contributed by atoms with Crippen LogP contribution in [-0.2, 0) is 14.8 Å². The van der Waals surface area contributed by atoms with E-state index in [4.69, 9.17) is 10.5 Å². The Labute approximate surface area is 106 Å². The van der Waals surface area contributed by atoms with Crippen molar-refractivity contribution in [3.05, 3.63) is 15.9 Å². The lowest BCUT2D eigenvalue weighted by Crippen LogP contribution is -2.53. The maximum atomic E-state index is 12.3. The van der Waals surface area contributed by atoms with Crippen LogP contribution in [0.4, 0.5) is 0 Å². The van der Waals surface area contributed by atoms with Crippen molar-refractivity contribution in [3.63, 3.8) is 0 Å². The van der Waals surface area contributed by atoms with Gasteiger partial charge in [-0.3, -0.25) is 0 Å². The molecule has 1 saturated heterocycles. The minimum atomic E-state index is -3.50. The van der Waals surface area contributed by atoms with Gasteiger partial charge in [-0.25, -0.2) is 8.42 Å². The average molecular weight is 327 g/mol. The number of morpholine rings is 1. The Hall–Kier alpha value is 0.01000. The third-order valence-corrected chi connectivity index (χ3v) is 6.81. The van der Waals surface area contributed by atoms with Crippen LogP contribution in [0.15, 0.2) is 20.1 Å². The number of sulfonamides is 1. The molecule has 2 rings (SSSR count). The maximum Gasteiger partial charge on any atom is 0.255 e. The van der Waals surface area contributed by atoms with Crippen molar-refractivity contribution in [1.82, 2.24) is 4.31 Å². The summed E-state index contributed by atoms with van der Waals surface area (Å²) in [5.74, 6) is 0. The maximum absolute atomic E-state index is 12.3. The van der Waals surface area contributed by atoms with Crippen molar-refractivity contribution >= 4 is 37.3 Å². The van der Waals surface area contributed by atoms with Gasteiger partial charge in [-0.2, -0.15) is 4.31 Å². The molecule has 0 aliphatic carbocycles. The number of hydrogen-bond donors (Lipinski definition) is 1. The molecule has 1 aromatic heterocycles. The van der Waals surface area contributed by atoms with Crippen molar-refractivity contribution in [2.45, 2.75) is 10.4 Å². The van der Waals surface area contributed by atoms with E-state index < -0.39 is 16.2 Å². The fourth-order valence-corrected chi connectivity index (χ4v) is 5.39. The number of hydrogen-bond acceptors (Lipinski definition) is 5. The van der Waals surface area contributed by atoms with Crippen molar-refractivity contribution in [1.29, 1.82) is 0 Å². The number of ether oxygens (including phenoxy) is 1. The minimum Gasteiger partial charge on any atom is -0.377 e. The van der Waals surface area contributed by atoms with Gasteiger partial charge in [0.05, 0.1) is 19.4 Å². The second-order valence-corrected chi connectivity index (χ2v) is 7.17. The van der Waals surface area contributed by atoms with Crippen molar-refractivity contribution in [2.75, 3.05) is 19.8 Å². The summed E-state index contributed by atoms with van der Waals surface area (Å²) in [6.45, 7) is 0.923. The van der Waals surface area contributed by atoms with Crippen LogP contribution in [-0.4, -0.2) is 38.6 Å². The van der Waals surface area contributed by atoms with E-state index in [9.17, 15) is 8.42 Å². The van der Waals surface area contributed by atoms with Gasteiger partial charge < -0.3 is 10.5 Å². The Bertz CT molecular complexity index is 473. The summed E-state index contributed by atoms with van der Waals surface area (Å²) in [5, 5.41) is 1.73. The number of nitrogens with zero attached hydrogens (tertiary/aromatic N) is 1. The topological polar surface area (TPSA) is 72.6 Å². The summed E-state index contributed by atoms with van der Waals surface area (Å²) in [5.41, 5.74) is 5.73. The van der Waals surface area contributed by atoms with Crippen LogP contribution in [0.3, 0.4) is 0 Å². The third-order valence-electron chi connectivity index (χ3n) is 2.24. The highest BCUT2D eigenvalue weighted by Gasteiger charge is 2.33. The van der Waals surface area contributed by atoms with Crippen molar-refractivity contribution < 1.29 is 13.2 Å². The summed E-state index contributed by atoms with van der Waals surface area (Å²) in [7, 11) is -3.50. The number of thiophene rings is 1. The van der Waals surface area contributed by atoms with E-state index in [0.29, 0.717) is 21.8 Å². The second kappa shape index (κ2) is 4.71. The standard InChI is InChI=1S/C8H11BrN2O3S2/c9-6-1-4-15-8(6)16(12,13)11-2-3-14-5-7(11)10/h1,4,7H,2-3,5,10H2. The Morgan fingerprint density at radius 2 is 2.38 bits per heavy atom. The summed E-state index contributed by atoms with van der Waals surface area (Å²) < 4.78 is 31.8. The predicted molar refractivity (Wildman–Crippen MR) is 64.7 cm³/mol. The van der Waals surface area contributed by atoms with Crippen molar-refractivity contribution in [2.24, 2.45) is 5.73 Å². The Kier molecular flexibility index (Phi) is 3.67. The first kappa shape index (κ1) is 12.5. The van der Waals surface area contributed by atoms with Crippen LogP contribution >= 0.6 is 27.3 Å². The monoisotopic (exact) mass is 326 g/mol.